The van der Waals surface area contributed by atoms with Gasteiger partial charge in [0.25, 0.3) is 0 Å². The Kier molecular flexibility index (Phi) is 2.97. The number of allylic oxidation sites excluding steroid dienone is 1. The van der Waals surface area contributed by atoms with Gasteiger partial charge in [-0.15, -0.1) is 0 Å². The number of aromatic amines is 1. The molecule has 1 aromatic heterocycles. The minimum absolute atomic E-state index is 0.742. The van der Waals surface area contributed by atoms with Crippen molar-refractivity contribution in [1.29, 1.82) is 0 Å². The molecule has 1 aromatic carbocycles. The largest absolute Gasteiger partial charge is 0.358 e. The maximum Gasteiger partial charge on any atom is 0.100 e. The number of aromatic nitrogens is 1. The Morgan fingerprint density at radius 3 is 2.95 bits per heavy atom. The lowest BCUT2D eigenvalue weighted by Gasteiger charge is -2.41. The van der Waals surface area contributed by atoms with Gasteiger partial charge < -0.3 is 9.47 Å². The van der Waals surface area contributed by atoms with E-state index in [2.05, 4.69) is 49.3 Å². The molecule has 0 spiro atoms. The molecule has 2 aromatic rings. The molecule has 4 heterocycles. The van der Waals surface area contributed by atoms with E-state index >= 15 is 0 Å². The number of fused-ring (bicyclic) bond motifs is 4. The van der Waals surface area contributed by atoms with Gasteiger partial charge in [-0.1, -0.05) is 24.3 Å². The molecule has 2 heteroatoms. The predicted molar refractivity (Wildman–Crippen MR) is 88.4 cm³/mol. The molecule has 110 valence electrons. The van der Waals surface area contributed by atoms with Gasteiger partial charge in [-0.2, -0.15) is 0 Å². The first-order valence-corrected chi connectivity index (χ1v) is 8.26. The van der Waals surface area contributed by atoms with Crippen molar-refractivity contribution >= 4 is 10.9 Å². The van der Waals surface area contributed by atoms with Crippen molar-refractivity contribution in [2.45, 2.75) is 26.2 Å². The molecule has 2 nitrogen and oxygen atoms in total. The van der Waals surface area contributed by atoms with Crippen LogP contribution in [0.5, 0.6) is 0 Å². The van der Waals surface area contributed by atoms with Crippen LogP contribution >= 0.6 is 0 Å². The van der Waals surface area contributed by atoms with Crippen molar-refractivity contribution in [2.75, 3.05) is 26.7 Å². The van der Waals surface area contributed by atoms with E-state index in [1.807, 2.05) is 0 Å². The molecule has 0 unspecified atom stereocenters. The molecule has 1 fully saturated rings. The number of para-hydroxylation sites is 1. The Bertz CT molecular complexity index is 709. The van der Waals surface area contributed by atoms with E-state index in [0.717, 1.165) is 5.92 Å². The second-order valence-electron chi connectivity index (χ2n) is 7.16. The number of H-pyrrole nitrogens is 1. The van der Waals surface area contributed by atoms with Crippen molar-refractivity contribution in [3.63, 3.8) is 0 Å². The van der Waals surface area contributed by atoms with E-state index in [9.17, 15) is 0 Å². The topological polar surface area (TPSA) is 15.8 Å². The predicted octanol–water partition coefficient (Wildman–Crippen LogP) is 3.68. The lowest BCUT2D eigenvalue weighted by Crippen LogP contribution is -2.51. The van der Waals surface area contributed by atoms with Gasteiger partial charge in [-0.25, -0.2) is 0 Å². The molecule has 21 heavy (non-hydrogen) atoms. The monoisotopic (exact) mass is 281 g/mol. The van der Waals surface area contributed by atoms with Crippen LogP contribution in [0, 0.1) is 5.92 Å². The van der Waals surface area contributed by atoms with Gasteiger partial charge in [0, 0.05) is 29.4 Å². The number of likely N-dealkylation sites (N-methyl/N-ethyl adjacent to an activating group) is 1. The minimum Gasteiger partial charge on any atom is -0.358 e. The fourth-order valence-electron chi connectivity index (χ4n) is 4.40. The molecule has 5 rings (SSSR count). The second kappa shape index (κ2) is 4.74. The molecule has 1 saturated heterocycles. The lowest BCUT2D eigenvalue weighted by molar-refractivity contribution is -0.909. The first kappa shape index (κ1) is 13.1. The first-order chi connectivity index (χ1) is 10.2. The standard InChI is InChI=1S/C19H25N2/c1-3-14-13-21(2)10-8-15(14)12-19-17(9-11-21)16-6-4-5-7-18(16)20-19/h3-7,15,20H,8-13H2,1-2H3/q+1/b14-3-/t15-,21+/m0/s1. The fraction of sp³-hybridized carbons (Fsp3) is 0.474. The third-order valence-electron chi connectivity index (χ3n) is 5.73. The van der Waals surface area contributed by atoms with Gasteiger partial charge in [0.2, 0.25) is 0 Å². The zero-order valence-corrected chi connectivity index (χ0v) is 13.2. The summed E-state index contributed by atoms with van der Waals surface area (Å²) >= 11 is 0. The van der Waals surface area contributed by atoms with E-state index in [0.29, 0.717) is 0 Å². The van der Waals surface area contributed by atoms with Gasteiger partial charge in [0.05, 0.1) is 20.1 Å². The molecular formula is C19H25N2+. The Morgan fingerprint density at radius 2 is 2.10 bits per heavy atom. The summed E-state index contributed by atoms with van der Waals surface area (Å²) in [6.07, 6.45) is 6.13. The van der Waals surface area contributed by atoms with Gasteiger partial charge >= 0.3 is 0 Å². The zero-order chi connectivity index (χ0) is 14.4. The van der Waals surface area contributed by atoms with Crippen LogP contribution in [0.2, 0.25) is 0 Å². The average molecular weight is 281 g/mol. The van der Waals surface area contributed by atoms with Gasteiger partial charge in [0.1, 0.15) is 6.54 Å². The lowest BCUT2D eigenvalue weighted by atomic mass is 9.86. The number of hydrogen-bond acceptors (Lipinski definition) is 0. The van der Waals surface area contributed by atoms with Crippen molar-refractivity contribution in [3.05, 3.63) is 47.2 Å². The molecule has 0 amide bonds. The summed E-state index contributed by atoms with van der Waals surface area (Å²) in [5.41, 5.74) is 6.07. The normalized spacial score (nSPS) is 31.0. The Balaban J connectivity index is 1.85. The molecule has 3 aliphatic heterocycles. The molecule has 3 aliphatic rings. The van der Waals surface area contributed by atoms with E-state index in [1.165, 1.54) is 60.0 Å². The quantitative estimate of drug-likeness (QED) is 0.560. The number of nitrogens with zero attached hydrogens (tertiary/aromatic N) is 1. The highest BCUT2D eigenvalue weighted by Gasteiger charge is 2.35. The molecule has 2 bridgehead atoms. The highest BCUT2D eigenvalue weighted by Crippen LogP contribution is 2.35. The number of nitrogens with one attached hydrogen (secondary N) is 1. The second-order valence-corrected chi connectivity index (χ2v) is 7.16. The SMILES string of the molecule is C/C=C1/C[N@@+]2(C)CCc3c([nH]c4ccccc34)C[C@@H]1CC2. The molecule has 2 atom stereocenters. The number of hydrogen-bond donors (Lipinski definition) is 1. The van der Waals surface area contributed by atoms with Crippen LogP contribution in [-0.2, 0) is 12.8 Å². The maximum absolute atomic E-state index is 3.72. The molecule has 0 radical (unpaired) electrons. The van der Waals surface area contributed by atoms with Gasteiger partial charge in [-0.3, -0.25) is 0 Å². The number of piperidine rings is 1. The Morgan fingerprint density at radius 1 is 1.24 bits per heavy atom. The van der Waals surface area contributed by atoms with Crippen LogP contribution in [0.1, 0.15) is 24.6 Å². The van der Waals surface area contributed by atoms with Crippen molar-refractivity contribution in [2.24, 2.45) is 5.92 Å². The van der Waals surface area contributed by atoms with E-state index in [4.69, 9.17) is 0 Å². The summed E-state index contributed by atoms with van der Waals surface area (Å²) in [6, 6.07) is 8.82. The van der Waals surface area contributed by atoms with Crippen LogP contribution in [0.15, 0.2) is 35.9 Å². The Hall–Kier alpha value is -1.54. The number of rotatable bonds is 0. The maximum atomic E-state index is 3.72. The van der Waals surface area contributed by atoms with Crippen LogP contribution in [0.3, 0.4) is 0 Å². The van der Waals surface area contributed by atoms with Gasteiger partial charge in [-0.05, 0) is 36.5 Å². The van der Waals surface area contributed by atoms with Crippen molar-refractivity contribution < 1.29 is 4.48 Å². The fourth-order valence-corrected chi connectivity index (χ4v) is 4.40. The highest BCUT2D eigenvalue weighted by molar-refractivity contribution is 5.84. The smallest absolute Gasteiger partial charge is 0.100 e. The van der Waals surface area contributed by atoms with E-state index in [1.54, 1.807) is 11.1 Å². The summed E-state index contributed by atoms with van der Waals surface area (Å²) in [7, 11) is 2.44. The van der Waals surface area contributed by atoms with E-state index in [-0.39, 0.29) is 0 Å². The summed E-state index contributed by atoms with van der Waals surface area (Å²) in [5, 5.41) is 1.45. The van der Waals surface area contributed by atoms with Crippen LogP contribution in [0.4, 0.5) is 0 Å². The number of benzene rings is 1. The summed E-state index contributed by atoms with van der Waals surface area (Å²) < 4.78 is 1.22. The van der Waals surface area contributed by atoms with Crippen LogP contribution < -0.4 is 0 Å². The minimum atomic E-state index is 0.742. The summed E-state index contributed by atoms with van der Waals surface area (Å²) in [4.78, 5) is 3.72. The molecule has 0 aliphatic carbocycles. The third-order valence-corrected chi connectivity index (χ3v) is 5.73. The van der Waals surface area contributed by atoms with Gasteiger partial charge in [0.15, 0.2) is 0 Å². The Labute approximate surface area is 127 Å². The van der Waals surface area contributed by atoms with Crippen molar-refractivity contribution in [3.8, 4) is 0 Å². The first-order valence-electron chi connectivity index (χ1n) is 8.26. The average Bonchev–Trinajstić information content (AvgIpc) is 2.87. The third kappa shape index (κ3) is 2.13. The molecule has 1 N–H and O–H groups in total. The summed E-state index contributed by atoms with van der Waals surface area (Å²) in [5.74, 6) is 0.742. The number of quaternary nitrogens is 1. The summed E-state index contributed by atoms with van der Waals surface area (Å²) in [6.45, 7) is 6.08. The highest BCUT2D eigenvalue weighted by atomic mass is 15.3. The molecule has 0 saturated carbocycles. The molecular weight excluding hydrogens is 256 g/mol. The van der Waals surface area contributed by atoms with Crippen LogP contribution in [-0.4, -0.2) is 36.1 Å². The van der Waals surface area contributed by atoms with Crippen molar-refractivity contribution in [1.82, 2.24) is 4.98 Å². The van der Waals surface area contributed by atoms with E-state index < -0.39 is 0 Å². The van der Waals surface area contributed by atoms with Crippen LogP contribution in [0.25, 0.3) is 10.9 Å². The zero-order valence-electron chi connectivity index (χ0n) is 13.2.